The van der Waals surface area contributed by atoms with E-state index >= 15 is 0 Å². The number of halogens is 9. The van der Waals surface area contributed by atoms with Crippen LogP contribution in [0, 0.1) is 29.1 Å². The van der Waals surface area contributed by atoms with Gasteiger partial charge in [-0.05, 0) is 155 Å². The van der Waals surface area contributed by atoms with Gasteiger partial charge in [-0.1, -0.05) is 96.9 Å². The second kappa shape index (κ2) is 27.7. The van der Waals surface area contributed by atoms with E-state index in [2.05, 4.69) is 129 Å². The third kappa shape index (κ3) is 18.7. The molecule has 360 valence electrons. The van der Waals surface area contributed by atoms with Gasteiger partial charge in [-0.25, -0.2) is 22.0 Å². The lowest BCUT2D eigenvalue weighted by atomic mass is 10.1. The highest BCUT2D eigenvalue weighted by Gasteiger charge is 2.39. The Morgan fingerprint density at radius 2 is 1.02 bits per heavy atom. The Morgan fingerprint density at radius 3 is 1.42 bits per heavy atom. The van der Waals surface area contributed by atoms with E-state index < -0.39 is 28.0 Å². The molecule has 0 unspecified atom stereocenters. The largest absolute Gasteiger partial charge is 0.543 e. The monoisotopic (exact) mass is 1200 g/mol. The van der Waals surface area contributed by atoms with Crippen molar-refractivity contribution in [3.05, 3.63) is 167 Å². The highest BCUT2D eigenvalue weighted by atomic mass is 79.9. The number of anilines is 1. The van der Waals surface area contributed by atoms with Gasteiger partial charge in [0.2, 0.25) is 8.32 Å². The molecule has 0 amide bonds. The van der Waals surface area contributed by atoms with Crippen LogP contribution in [0.5, 0.6) is 0 Å². The number of nitrogens with zero attached hydrogens (tertiary/aromatic N) is 1. The highest BCUT2D eigenvalue weighted by Crippen LogP contribution is 2.39. The average Bonchev–Trinajstić information content (AvgIpc) is 3.22. The molecule has 1 aliphatic rings. The summed E-state index contributed by atoms with van der Waals surface area (Å²) in [6, 6.07) is 26.8. The van der Waals surface area contributed by atoms with Crippen molar-refractivity contribution in [2.45, 2.75) is 79.8 Å². The molecule has 0 bridgehead atoms. The summed E-state index contributed by atoms with van der Waals surface area (Å²) in [6.45, 7) is 26.9. The molecule has 1 N–H and O–H groups in total. The molecule has 1 heterocycles. The Labute approximate surface area is 424 Å². The minimum Gasteiger partial charge on any atom is -0.543 e. The molecule has 0 aliphatic carbocycles. The van der Waals surface area contributed by atoms with Crippen LogP contribution in [0.2, 0.25) is 37.8 Å². The van der Waals surface area contributed by atoms with Crippen LogP contribution in [0.3, 0.4) is 0 Å². The molecule has 0 aromatic heterocycles. The minimum atomic E-state index is -1.97. The maximum absolute atomic E-state index is 14.0. The van der Waals surface area contributed by atoms with Crippen LogP contribution < -0.4 is 15.4 Å². The molecule has 5 nitrogen and oxygen atoms in total. The van der Waals surface area contributed by atoms with E-state index in [4.69, 9.17) is 4.43 Å². The van der Waals surface area contributed by atoms with Gasteiger partial charge in [0.1, 0.15) is 29.0 Å². The summed E-state index contributed by atoms with van der Waals surface area (Å²) in [6.07, 6.45) is 0. The first-order valence-electron chi connectivity index (χ1n) is 20.5. The van der Waals surface area contributed by atoms with Crippen molar-refractivity contribution in [2.24, 2.45) is 0 Å². The molecule has 0 atom stereocenters. The molecular formula is C50H61Br4F5N2O3Si2. The number of carbonyl (C=O) groups is 2. The number of rotatable bonds is 7. The van der Waals surface area contributed by atoms with Crippen molar-refractivity contribution in [2.75, 3.05) is 31.1 Å². The Morgan fingerprint density at radius 1 is 0.606 bits per heavy atom. The van der Waals surface area contributed by atoms with Crippen molar-refractivity contribution in [1.82, 2.24) is 5.32 Å². The van der Waals surface area contributed by atoms with Gasteiger partial charge in [0, 0.05) is 26.2 Å². The fourth-order valence-electron chi connectivity index (χ4n) is 5.47. The fourth-order valence-corrected chi connectivity index (χ4v) is 9.46. The third-order valence-electron chi connectivity index (χ3n) is 10.2. The van der Waals surface area contributed by atoms with Crippen LogP contribution in [0.15, 0.2) is 122 Å². The molecule has 1 aliphatic heterocycles. The van der Waals surface area contributed by atoms with E-state index in [0.29, 0.717) is 34.9 Å². The second-order valence-electron chi connectivity index (χ2n) is 17.2. The van der Waals surface area contributed by atoms with Gasteiger partial charge >= 0.3 is 0 Å². The average molecular weight is 1210 g/mol. The topological polar surface area (TPSA) is 58.6 Å². The van der Waals surface area contributed by atoms with E-state index in [0.717, 1.165) is 31.4 Å². The normalized spacial score (nSPS) is 12.2. The number of hydrogen-bond donors (Lipinski definition) is 1. The second-order valence-corrected chi connectivity index (χ2v) is 30.4. The molecule has 0 radical (unpaired) electrons. The lowest BCUT2D eigenvalue weighted by Gasteiger charge is -2.37. The number of ketones is 2. The first-order valence-corrected chi connectivity index (χ1v) is 30.1. The molecule has 0 saturated carbocycles. The Balaban J connectivity index is 0.000000421. The van der Waals surface area contributed by atoms with E-state index in [1.165, 1.54) is 32.0 Å². The lowest BCUT2D eigenvalue weighted by Crippen LogP contribution is -2.44. The number of piperazine rings is 1. The summed E-state index contributed by atoms with van der Waals surface area (Å²) in [5.74, 6) is -1.57. The maximum Gasteiger partial charge on any atom is 0.250 e. The zero-order valence-corrected chi connectivity index (χ0v) is 46.7. The van der Waals surface area contributed by atoms with Gasteiger partial charge in [0.15, 0.2) is 17.4 Å². The van der Waals surface area contributed by atoms with Crippen LogP contribution in [0.4, 0.5) is 27.6 Å². The van der Waals surface area contributed by atoms with Crippen molar-refractivity contribution in [1.29, 1.82) is 0 Å². The zero-order chi connectivity index (χ0) is 49.4. The molecular weight excluding hydrogens is 1150 g/mol. The summed E-state index contributed by atoms with van der Waals surface area (Å²) in [5.41, 5.74) is 1.26. The van der Waals surface area contributed by atoms with Gasteiger partial charge in [-0.2, -0.15) is 0 Å². The standard InChI is InChI=1S/C14H20BrFOSi.C12H15FN2O.C9H12BrFSi.C8H6BrFO.C6H4BrF.CH4/c1-10(17-18(5,6)14(2,3)4)11-8-7-9-12(15)13(11)16;1-9(16)10-3-2-4-11(12(10)13)15-7-5-14-6-8-15;1-12(2,3)8-6-4-5-7(10)9(8)11;1-5(11)6-3-2-4-7(9)8(6)10;7-5-3-1-2-4-6(5)8;/h7-9H,1H2,2-6H3;2-4,14H,5-8H2,1H3;4-6H,1-3H3;2-4H,1H3;1-4H;1H4. The van der Waals surface area contributed by atoms with Crippen molar-refractivity contribution >= 4 is 108 Å². The Hall–Kier alpha value is -3.26. The van der Waals surface area contributed by atoms with Crippen molar-refractivity contribution in [3.63, 3.8) is 0 Å². The Kier molecular flexibility index (Phi) is 25.5. The molecule has 16 heteroatoms. The van der Waals surface area contributed by atoms with E-state index in [9.17, 15) is 31.5 Å². The molecule has 6 rings (SSSR count). The summed E-state index contributed by atoms with van der Waals surface area (Å²) >= 11 is 12.4. The highest BCUT2D eigenvalue weighted by molar-refractivity contribution is 9.11. The maximum atomic E-state index is 14.0. The summed E-state index contributed by atoms with van der Waals surface area (Å²) in [7, 11) is -3.49. The number of nitrogens with one attached hydrogen (secondary N) is 1. The van der Waals surface area contributed by atoms with Crippen LogP contribution in [-0.2, 0) is 4.43 Å². The number of hydrogen-bond acceptors (Lipinski definition) is 5. The minimum absolute atomic E-state index is 0. The van der Waals surface area contributed by atoms with Crippen molar-refractivity contribution < 1.29 is 36.0 Å². The van der Waals surface area contributed by atoms with Gasteiger partial charge in [-0.3, -0.25) is 9.59 Å². The molecule has 1 saturated heterocycles. The zero-order valence-electron chi connectivity index (χ0n) is 38.3. The SMILES string of the molecule is C.C=C(O[Si](C)(C)C(C)(C)C)c1cccc(Br)c1F.CC(=O)c1cccc(Br)c1F.CC(=O)c1cccc(N2CCNCC2)c1F.C[Si](C)(C)c1cccc(Br)c1F.Fc1ccccc1Br. The summed E-state index contributed by atoms with van der Waals surface area (Å²) in [5, 5.41) is 4.16. The number of carbonyl (C=O) groups excluding carboxylic acids is 2. The quantitative estimate of drug-likeness (QED) is 0.0762. The summed E-state index contributed by atoms with van der Waals surface area (Å²) < 4.78 is 74.6. The first kappa shape index (κ1) is 60.8. The van der Waals surface area contributed by atoms with Gasteiger partial charge in [-0.15, -0.1) is 0 Å². The molecule has 5 aromatic carbocycles. The Bertz CT molecular complexity index is 2380. The van der Waals surface area contributed by atoms with Gasteiger partial charge in [0.05, 0.1) is 48.3 Å². The van der Waals surface area contributed by atoms with Crippen LogP contribution in [0.25, 0.3) is 5.76 Å². The molecule has 1 fully saturated rings. The number of benzene rings is 5. The van der Waals surface area contributed by atoms with Crippen LogP contribution in [0.1, 0.15) is 68.3 Å². The predicted molar refractivity (Wildman–Crippen MR) is 285 cm³/mol. The predicted octanol–water partition coefficient (Wildman–Crippen LogP) is 16.2. The van der Waals surface area contributed by atoms with E-state index in [1.807, 2.05) is 17.0 Å². The summed E-state index contributed by atoms with van der Waals surface area (Å²) in [4.78, 5) is 24.0. The van der Waals surface area contributed by atoms with Gasteiger partial charge in [0.25, 0.3) is 0 Å². The fraction of sp³-hybridized carbons (Fsp3) is 0.320. The number of Topliss-reactive ketones (excluding diaryl/α,β-unsaturated/α-hetero) is 2. The molecule has 5 aromatic rings. The van der Waals surface area contributed by atoms with E-state index in [1.54, 1.807) is 66.7 Å². The molecule has 66 heavy (non-hydrogen) atoms. The smallest absolute Gasteiger partial charge is 0.250 e. The van der Waals surface area contributed by atoms with Crippen LogP contribution >= 0.6 is 63.7 Å². The van der Waals surface area contributed by atoms with Crippen LogP contribution in [-0.4, -0.2) is 54.1 Å². The first-order chi connectivity index (χ1) is 30.1. The van der Waals surface area contributed by atoms with Crippen molar-refractivity contribution in [3.8, 4) is 0 Å². The lowest BCUT2D eigenvalue weighted by molar-refractivity contribution is 0.100. The van der Waals surface area contributed by atoms with E-state index in [-0.39, 0.29) is 52.6 Å². The third-order valence-corrected chi connectivity index (χ3v) is 19.0. The van der Waals surface area contributed by atoms with Gasteiger partial charge < -0.3 is 14.6 Å². The molecule has 0 spiro atoms.